The van der Waals surface area contributed by atoms with E-state index < -0.39 is 0 Å². The Morgan fingerprint density at radius 2 is 1.52 bits per heavy atom. The molecule has 0 aliphatic heterocycles. The summed E-state index contributed by atoms with van der Waals surface area (Å²) in [5.41, 5.74) is 2.73. The van der Waals surface area contributed by atoms with Crippen molar-refractivity contribution in [2.45, 2.75) is 52.1 Å². The molecular weight excluding hydrogens is 336 g/mol. The number of unbranched alkanes of at least 4 members (excludes halogenated alkanes) is 3. The topological polar surface area (TPSA) is 35.5 Å². The normalized spacial score (nSPS) is 12.1. The van der Waals surface area contributed by atoms with Crippen LogP contribution in [0.25, 0.3) is 12.2 Å². The van der Waals surface area contributed by atoms with Gasteiger partial charge in [0, 0.05) is 0 Å². The van der Waals surface area contributed by atoms with Crippen molar-refractivity contribution in [2.75, 3.05) is 7.11 Å². The Morgan fingerprint density at radius 1 is 0.926 bits per heavy atom. The van der Waals surface area contributed by atoms with Crippen molar-refractivity contribution in [3.63, 3.8) is 0 Å². The van der Waals surface area contributed by atoms with Crippen molar-refractivity contribution in [1.82, 2.24) is 0 Å². The van der Waals surface area contributed by atoms with Crippen LogP contribution >= 0.6 is 0 Å². The number of carbonyl (C=O) groups is 1. The highest BCUT2D eigenvalue weighted by molar-refractivity contribution is 5.89. The van der Waals surface area contributed by atoms with E-state index in [4.69, 9.17) is 9.47 Å². The van der Waals surface area contributed by atoms with Crippen LogP contribution in [0.15, 0.2) is 48.5 Å². The summed E-state index contributed by atoms with van der Waals surface area (Å²) in [7, 11) is 1.66. The van der Waals surface area contributed by atoms with E-state index in [0.29, 0.717) is 5.56 Å². The summed E-state index contributed by atoms with van der Waals surface area (Å²) in [4.78, 5) is 12.2. The second kappa shape index (κ2) is 11.2. The van der Waals surface area contributed by atoms with Crippen molar-refractivity contribution in [1.29, 1.82) is 0 Å². The maximum atomic E-state index is 12.2. The largest absolute Gasteiger partial charge is 0.497 e. The van der Waals surface area contributed by atoms with Crippen molar-refractivity contribution in [2.24, 2.45) is 0 Å². The number of rotatable bonds is 10. The molecule has 2 aromatic rings. The first-order chi connectivity index (χ1) is 13.1. The number of benzene rings is 2. The van der Waals surface area contributed by atoms with Crippen LogP contribution in [-0.4, -0.2) is 19.2 Å². The lowest BCUT2D eigenvalue weighted by molar-refractivity contribution is 0.0319. The minimum atomic E-state index is -0.247. The van der Waals surface area contributed by atoms with E-state index in [2.05, 4.69) is 6.92 Å². The minimum absolute atomic E-state index is 0.0380. The molecule has 0 fully saturated rings. The van der Waals surface area contributed by atoms with Crippen molar-refractivity contribution >= 4 is 18.1 Å². The van der Waals surface area contributed by atoms with Crippen LogP contribution in [-0.2, 0) is 4.74 Å². The smallest absolute Gasteiger partial charge is 0.338 e. The average Bonchev–Trinajstić information content (AvgIpc) is 2.70. The Labute approximate surface area is 163 Å². The lowest BCUT2D eigenvalue weighted by atomic mass is 10.1. The Kier molecular flexibility index (Phi) is 8.63. The molecule has 3 heteroatoms. The molecule has 0 heterocycles. The first kappa shape index (κ1) is 20.8. The highest BCUT2D eigenvalue weighted by Gasteiger charge is 2.11. The molecule has 0 saturated carbocycles. The van der Waals surface area contributed by atoms with Gasteiger partial charge in [0.1, 0.15) is 5.75 Å². The van der Waals surface area contributed by atoms with Gasteiger partial charge in [0.15, 0.2) is 0 Å². The minimum Gasteiger partial charge on any atom is -0.497 e. The van der Waals surface area contributed by atoms with Crippen LogP contribution < -0.4 is 4.74 Å². The molecular formula is C24H30O3. The van der Waals surface area contributed by atoms with Crippen molar-refractivity contribution in [3.8, 4) is 5.75 Å². The molecule has 0 saturated heterocycles. The zero-order valence-corrected chi connectivity index (χ0v) is 16.6. The standard InChI is InChI=1S/C24H30O3/c1-4-5-6-7-8-19(2)27-24(25)22-15-11-20(12-16-22)9-10-21-13-17-23(26-3)18-14-21/h9-19H,4-8H2,1-3H3. The summed E-state index contributed by atoms with van der Waals surface area (Å²) >= 11 is 0. The molecule has 0 aromatic heterocycles. The third-order valence-corrected chi connectivity index (χ3v) is 4.50. The highest BCUT2D eigenvalue weighted by atomic mass is 16.5. The van der Waals surface area contributed by atoms with E-state index in [-0.39, 0.29) is 12.1 Å². The van der Waals surface area contributed by atoms with Gasteiger partial charge >= 0.3 is 5.97 Å². The molecule has 144 valence electrons. The molecule has 0 aliphatic rings. The fourth-order valence-electron chi connectivity index (χ4n) is 2.81. The van der Waals surface area contributed by atoms with Crippen LogP contribution in [0, 0.1) is 0 Å². The summed E-state index contributed by atoms with van der Waals surface area (Å²) in [5, 5.41) is 0. The maximum absolute atomic E-state index is 12.2. The molecule has 0 amide bonds. The average molecular weight is 367 g/mol. The molecule has 0 radical (unpaired) electrons. The lowest BCUT2D eigenvalue weighted by Gasteiger charge is -2.13. The van der Waals surface area contributed by atoms with Gasteiger partial charge in [-0.05, 0) is 55.2 Å². The van der Waals surface area contributed by atoms with E-state index in [0.717, 1.165) is 29.7 Å². The van der Waals surface area contributed by atoms with E-state index in [9.17, 15) is 4.79 Å². The van der Waals surface area contributed by atoms with Crippen LogP contribution in [0.2, 0.25) is 0 Å². The number of carbonyl (C=O) groups excluding carboxylic acids is 1. The van der Waals surface area contributed by atoms with E-state index in [1.807, 2.05) is 67.6 Å². The van der Waals surface area contributed by atoms with Gasteiger partial charge in [0.05, 0.1) is 18.8 Å². The first-order valence-corrected chi connectivity index (χ1v) is 9.75. The number of methoxy groups -OCH3 is 1. The zero-order valence-electron chi connectivity index (χ0n) is 16.6. The Balaban J connectivity index is 1.86. The van der Waals surface area contributed by atoms with Gasteiger partial charge in [-0.25, -0.2) is 4.79 Å². The molecule has 0 spiro atoms. The number of esters is 1. The predicted octanol–water partition coefficient (Wildman–Crippen LogP) is 6.38. The third kappa shape index (κ3) is 7.30. The fraction of sp³-hybridized carbons (Fsp3) is 0.375. The summed E-state index contributed by atoms with van der Waals surface area (Å²) in [6, 6.07) is 15.4. The number of hydrogen-bond acceptors (Lipinski definition) is 3. The SMILES string of the molecule is CCCCCCC(C)OC(=O)c1ccc(C=Cc2ccc(OC)cc2)cc1. The molecule has 1 atom stereocenters. The zero-order chi connectivity index (χ0) is 19.5. The summed E-state index contributed by atoms with van der Waals surface area (Å²) in [6.45, 7) is 4.16. The lowest BCUT2D eigenvalue weighted by Crippen LogP contribution is -2.15. The predicted molar refractivity (Wildman–Crippen MR) is 112 cm³/mol. The Bertz CT molecular complexity index is 714. The fourth-order valence-corrected chi connectivity index (χ4v) is 2.81. The van der Waals surface area contributed by atoms with Crippen LogP contribution in [0.5, 0.6) is 5.75 Å². The van der Waals surface area contributed by atoms with Gasteiger partial charge in [-0.15, -0.1) is 0 Å². The quantitative estimate of drug-likeness (QED) is 0.278. The molecule has 0 N–H and O–H groups in total. The van der Waals surface area contributed by atoms with Crippen LogP contribution in [0.4, 0.5) is 0 Å². The number of ether oxygens (including phenoxy) is 2. The van der Waals surface area contributed by atoms with Crippen molar-refractivity contribution in [3.05, 3.63) is 65.2 Å². The molecule has 0 bridgehead atoms. The second-order valence-corrected chi connectivity index (χ2v) is 6.79. The van der Waals surface area contributed by atoms with E-state index in [1.165, 1.54) is 19.3 Å². The molecule has 3 nitrogen and oxygen atoms in total. The number of hydrogen-bond donors (Lipinski definition) is 0. The second-order valence-electron chi connectivity index (χ2n) is 6.79. The third-order valence-electron chi connectivity index (χ3n) is 4.50. The molecule has 2 aromatic carbocycles. The highest BCUT2D eigenvalue weighted by Crippen LogP contribution is 2.15. The van der Waals surface area contributed by atoms with Crippen molar-refractivity contribution < 1.29 is 14.3 Å². The summed E-state index contributed by atoms with van der Waals surface area (Å²) < 4.78 is 10.7. The summed E-state index contributed by atoms with van der Waals surface area (Å²) in [5.74, 6) is 0.596. The van der Waals surface area contributed by atoms with Crippen LogP contribution in [0.3, 0.4) is 0 Å². The molecule has 27 heavy (non-hydrogen) atoms. The van der Waals surface area contributed by atoms with Gasteiger partial charge < -0.3 is 9.47 Å². The van der Waals surface area contributed by atoms with Gasteiger partial charge in [-0.3, -0.25) is 0 Å². The molecule has 2 rings (SSSR count). The van der Waals surface area contributed by atoms with Gasteiger partial charge in [0.2, 0.25) is 0 Å². The van der Waals surface area contributed by atoms with E-state index >= 15 is 0 Å². The Morgan fingerprint density at radius 3 is 2.07 bits per heavy atom. The monoisotopic (exact) mass is 366 g/mol. The van der Waals surface area contributed by atoms with Crippen LogP contribution in [0.1, 0.15) is 67.4 Å². The first-order valence-electron chi connectivity index (χ1n) is 9.75. The Hall–Kier alpha value is -2.55. The van der Waals surface area contributed by atoms with E-state index in [1.54, 1.807) is 7.11 Å². The van der Waals surface area contributed by atoms with Gasteiger partial charge in [-0.2, -0.15) is 0 Å². The van der Waals surface area contributed by atoms with Gasteiger partial charge in [-0.1, -0.05) is 62.6 Å². The summed E-state index contributed by atoms with van der Waals surface area (Å²) in [6.07, 6.45) is 9.71. The van der Waals surface area contributed by atoms with Gasteiger partial charge in [0.25, 0.3) is 0 Å². The maximum Gasteiger partial charge on any atom is 0.338 e. The molecule has 1 unspecified atom stereocenters. The molecule has 0 aliphatic carbocycles.